The van der Waals surface area contributed by atoms with Gasteiger partial charge in [0, 0.05) is 0 Å². The Labute approximate surface area is 70.4 Å². The van der Waals surface area contributed by atoms with Crippen LogP contribution in [0.5, 0.6) is 0 Å². The zero-order valence-corrected chi connectivity index (χ0v) is 6.14. The molecule has 0 amide bonds. The number of aromatic nitrogens is 1. The zero-order chi connectivity index (χ0) is 10.0. The molecule has 0 aliphatic heterocycles. The molecule has 0 bridgehead atoms. The van der Waals surface area contributed by atoms with Crippen LogP contribution < -0.4 is 5.56 Å². The SMILES string of the molecule is N#Cc1cc(C(F)F)[nH]c(=O)c1F. The molecule has 68 valence electrons. The van der Waals surface area contributed by atoms with E-state index in [1.807, 2.05) is 0 Å². The summed E-state index contributed by atoms with van der Waals surface area (Å²) in [6.45, 7) is 0. The van der Waals surface area contributed by atoms with Crippen molar-refractivity contribution in [2.75, 3.05) is 0 Å². The van der Waals surface area contributed by atoms with Gasteiger partial charge < -0.3 is 4.98 Å². The highest BCUT2D eigenvalue weighted by molar-refractivity contribution is 5.30. The van der Waals surface area contributed by atoms with Gasteiger partial charge in [-0.1, -0.05) is 0 Å². The summed E-state index contributed by atoms with van der Waals surface area (Å²) < 4.78 is 36.6. The van der Waals surface area contributed by atoms with Crippen LogP contribution in [0, 0.1) is 17.1 Å². The Morgan fingerprint density at radius 1 is 1.54 bits per heavy atom. The fourth-order valence-corrected chi connectivity index (χ4v) is 0.762. The molecular formula is C7H3F3N2O. The lowest BCUT2D eigenvalue weighted by Gasteiger charge is -1.99. The van der Waals surface area contributed by atoms with E-state index in [2.05, 4.69) is 0 Å². The summed E-state index contributed by atoms with van der Waals surface area (Å²) in [5.41, 5.74) is -2.75. The maximum atomic E-state index is 12.6. The molecule has 1 rings (SSSR count). The second kappa shape index (κ2) is 3.31. The van der Waals surface area contributed by atoms with E-state index in [4.69, 9.17) is 5.26 Å². The van der Waals surface area contributed by atoms with Crippen molar-refractivity contribution >= 4 is 0 Å². The maximum absolute atomic E-state index is 12.6. The van der Waals surface area contributed by atoms with Gasteiger partial charge in [0.2, 0.25) is 5.82 Å². The monoisotopic (exact) mass is 188 g/mol. The van der Waals surface area contributed by atoms with Crippen LogP contribution in [0.25, 0.3) is 0 Å². The standard InChI is InChI=1S/C7H3F3N2O/c8-5-3(2-11)1-4(6(9)10)12-7(5)13/h1,6H,(H,12,13). The van der Waals surface area contributed by atoms with E-state index in [0.29, 0.717) is 6.07 Å². The molecule has 1 aromatic heterocycles. The molecule has 0 radical (unpaired) electrons. The van der Waals surface area contributed by atoms with Gasteiger partial charge in [0.25, 0.3) is 12.0 Å². The average Bonchev–Trinajstić information content (AvgIpc) is 2.09. The molecule has 0 saturated carbocycles. The van der Waals surface area contributed by atoms with Gasteiger partial charge in [-0.3, -0.25) is 4.79 Å². The van der Waals surface area contributed by atoms with Crippen molar-refractivity contribution in [1.82, 2.24) is 4.98 Å². The van der Waals surface area contributed by atoms with Crippen molar-refractivity contribution in [3.63, 3.8) is 0 Å². The number of nitrogens with zero attached hydrogens (tertiary/aromatic N) is 1. The lowest BCUT2D eigenvalue weighted by Crippen LogP contribution is -2.15. The molecular weight excluding hydrogens is 185 g/mol. The third-order valence-corrected chi connectivity index (χ3v) is 1.35. The summed E-state index contributed by atoms with van der Waals surface area (Å²) >= 11 is 0. The number of pyridine rings is 1. The summed E-state index contributed by atoms with van der Waals surface area (Å²) in [5, 5.41) is 8.26. The van der Waals surface area contributed by atoms with Gasteiger partial charge in [-0.05, 0) is 6.07 Å². The lowest BCUT2D eigenvalue weighted by molar-refractivity contribution is 0.145. The van der Waals surface area contributed by atoms with Crippen molar-refractivity contribution in [2.24, 2.45) is 0 Å². The molecule has 0 aliphatic carbocycles. The fourth-order valence-electron chi connectivity index (χ4n) is 0.762. The van der Waals surface area contributed by atoms with Crippen LogP contribution in [0.1, 0.15) is 17.7 Å². The number of aromatic amines is 1. The first-order valence-electron chi connectivity index (χ1n) is 3.17. The van der Waals surface area contributed by atoms with E-state index in [1.54, 1.807) is 4.98 Å². The predicted molar refractivity (Wildman–Crippen MR) is 36.7 cm³/mol. The lowest BCUT2D eigenvalue weighted by atomic mass is 10.2. The topological polar surface area (TPSA) is 56.6 Å². The van der Waals surface area contributed by atoms with E-state index in [1.165, 1.54) is 6.07 Å². The Morgan fingerprint density at radius 3 is 2.62 bits per heavy atom. The van der Waals surface area contributed by atoms with Gasteiger partial charge >= 0.3 is 0 Å². The van der Waals surface area contributed by atoms with Crippen LogP contribution in [0.15, 0.2) is 10.9 Å². The highest BCUT2D eigenvalue weighted by Crippen LogP contribution is 2.16. The molecule has 0 aromatic carbocycles. The molecule has 0 atom stereocenters. The summed E-state index contributed by atoms with van der Waals surface area (Å²) in [4.78, 5) is 12.2. The van der Waals surface area contributed by atoms with Crippen molar-refractivity contribution in [3.05, 3.63) is 33.5 Å². The quantitative estimate of drug-likeness (QED) is 0.722. The molecule has 6 heteroatoms. The second-order valence-electron chi connectivity index (χ2n) is 2.19. The van der Waals surface area contributed by atoms with E-state index in [0.717, 1.165) is 0 Å². The molecule has 0 fully saturated rings. The third kappa shape index (κ3) is 1.69. The van der Waals surface area contributed by atoms with Crippen LogP contribution in [-0.4, -0.2) is 4.98 Å². The first-order valence-corrected chi connectivity index (χ1v) is 3.17. The molecule has 0 saturated heterocycles. The number of hydrogen-bond donors (Lipinski definition) is 1. The first kappa shape index (κ1) is 9.32. The number of nitriles is 1. The smallest absolute Gasteiger partial charge is 0.285 e. The number of hydrogen-bond acceptors (Lipinski definition) is 2. The maximum Gasteiger partial charge on any atom is 0.285 e. The molecule has 1 N–H and O–H groups in total. The van der Waals surface area contributed by atoms with Gasteiger partial charge in [-0.25, -0.2) is 8.78 Å². The minimum atomic E-state index is -2.93. The number of rotatable bonds is 1. The normalized spacial score (nSPS) is 10.1. The molecule has 3 nitrogen and oxygen atoms in total. The average molecular weight is 188 g/mol. The Balaban J connectivity index is 3.42. The van der Waals surface area contributed by atoms with Gasteiger partial charge in [-0.15, -0.1) is 0 Å². The van der Waals surface area contributed by atoms with E-state index in [-0.39, 0.29) is 0 Å². The van der Waals surface area contributed by atoms with Crippen LogP contribution in [-0.2, 0) is 0 Å². The van der Waals surface area contributed by atoms with Gasteiger partial charge in [0.15, 0.2) is 0 Å². The Kier molecular flexibility index (Phi) is 2.37. The minimum absolute atomic E-state index is 0.612. The number of nitrogens with one attached hydrogen (secondary N) is 1. The highest BCUT2D eigenvalue weighted by atomic mass is 19.3. The highest BCUT2D eigenvalue weighted by Gasteiger charge is 2.14. The number of H-pyrrole nitrogens is 1. The van der Waals surface area contributed by atoms with Gasteiger partial charge in [-0.2, -0.15) is 9.65 Å². The largest absolute Gasteiger partial charge is 0.318 e. The Hall–Kier alpha value is -1.77. The van der Waals surface area contributed by atoms with Crippen LogP contribution >= 0.6 is 0 Å². The van der Waals surface area contributed by atoms with Crippen molar-refractivity contribution in [1.29, 1.82) is 5.26 Å². The summed E-state index contributed by atoms with van der Waals surface area (Å²) in [7, 11) is 0. The third-order valence-electron chi connectivity index (χ3n) is 1.35. The van der Waals surface area contributed by atoms with Crippen LogP contribution in [0.3, 0.4) is 0 Å². The molecule has 0 aliphatic rings. The van der Waals surface area contributed by atoms with E-state index in [9.17, 15) is 18.0 Å². The fraction of sp³-hybridized carbons (Fsp3) is 0.143. The zero-order valence-electron chi connectivity index (χ0n) is 6.14. The summed E-state index contributed by atoms with van der Waals surface area (Å²) in [6.07, 6.45) is -2.93. The van der Waals surface area contributed by atoms with Crippen molar-refractivity contribution in [3.8, 4) is 6.07 Å². The van der Waals surface area contributed by atoms with E-state index < -0.39 is 29.1 Å². The first-order chi connectivity index (χ1) is 6.06. The van der Waals surface area contributed by atoms with Crippen molar-refractivity contribution < 1.29 is 13.2 Å². The van der Waals surface area contributed by atoms with Gasteiger partial charge in [0.1, 0.15) is 6.07 Å². The summed E-state index contributed by atoms with van der Waals surface area (Å²) in [5.74, 6) is -1.34. The second-order valence-corrected chi connectivity index (χ2v) is 2.19. The minimum Gasteiger partial charge on any atom is -0.318 e. The Bertz CT molecular complexity index is 419. The Morgan fingerprint density at radius 2 is 2.15 bits per heavy atom. The molecule has 0 spiro atoms. The number of alkyl halides is 2. The molecule has 1 heterocycles. The van der Waals surface area contributed by atoms with Gasteiger partial charge in [0.05, 0.1) is 11.3 Å². The van der Waals surface area contributed by atoms with Crippen molar-refractivity contribution in [2.45, 2.75) is 6.43 Å². The summed E-state index contributed by atoms with van der Waals surface area (Å²) in [6, 6.07) is 1.92. The predicted octanol–water partition coefficient (Wildman–Crippen LogP) is 1.32. The molecule has 1 aromatic rings. The molecule has 0 unspecified atom stereocenters. The molecule has 13 heavy (non-hydrogen) atoms. The van der Waals surface area contributed by atoms with Crippen LogP contribution in [0.2, 0.25) is 0 Å². The number of halogens is 3. The van der Waals surface area contributed by atoms with E-state index >= 15 is 0 Å². The van der Waals surface area contributed by atoms with Crippen LogP contribution in [0.4, 0.5) is 13.2 Å².